The molecule has 108 valence electrons. The van der Waals surface area contributed by atoms with E-state index in [0.29, 0.717) is 16.4 Å². The van der Waals surface area contributed by atoms with Gasteiger partial charge in [0.15, 0.2) is 0 Å². The number of likely N-dealkylation sites (tertiary alicyclic amines) is 1. The molecule has 1 saturated heterocycles. The summed E-state index contributed by atoms with van der Waals surface area (Å²) in [5.41, 5.74) is 0.699. The van der Waals surface area contributed by atoms with Crippen molar-refractivity contribution in [2.24, 2.45) is 5.92 Å². The third-order valence-electron chi connectivity index (χ3n) is 3.56. The summed E-state index contributed by atoms with van der Waals surface area (Å²) in [6.07, 6.45) is 2.27. The number of rotatable bonds is 3. The molecule has 0 saturated carbocycles. The maximum atomic E-state index is 12.2. The van der Waals surface area contributed by atoms with Gasteiger partial charge in [-0.2, -0.15) is 0 Å². The number of nitrogens with one attached hydrogen (secondary N) is 1. The quantitative estimate of drug-likeness (QED) is 0.822. The molecule has 0 radical (unpaired) electrons. The van der Waals surface area contributed by atoms with Crippen LogP contribution >= 0.6 is 11.3 Å². The highest BCUT2D eigenvalue weighted by Gasteiger charge is 2.18. The highest BCUT2D eigenvalue weighted by molar-refractivity contribution is 7.12. The number of piperidine rings is 1. The summed E-state index contributed by atoms with van der Waals surface area (Å²) in [5.74, 6) is 5.91. The number of amides is 1. The Kier molecular flexibility index (Phi) is 5.60. The lowest BCUT2D eigenvalue weighted by Gasteiger charge is -2.28. The average Bonchev–Trinajstić information content (AvgIpc) is 2.92. The Hall–Kier alpha value is -1.35. The largest absolute Gasteiger partial charge is 0.384 e. The zero-order valence-corrected chi connectivity index (χ0v) is 12.5. The van der Waals surface area contributed by atoms with E-state index in [4.69, 9.17) is 5.11 Å². The smallest absolute Gasteiger partial charge is 0.262 e. The maximum Gasteiger partial charge on any atom is 0.262 e. The molecule has 5 heteroatoms. The maximum absolute atomic E-state index is 12.2. The van der Waals surface area contributed by atoms with Crippen LogP contribution in [0.3, 0.4) is 0 Å². The van der Waals surface area contributed by atoms with Gasteiger partial charge in [-0.1, -0.05) is 11.8 Å². The summed E-state index contributed by atoms with van der Waals surface area (Å²) in [5, 5.41) is 13.6. The second-order valence-corrected chi connectivity index (χ2v) is 6.00. The van der Waals surface area contributed by atoms with Crippen molar-refractivity contribution in [2.75, 3.05) is 33.3 Å². The molecular formula is C15H20N2O2S. The van der Waals surface area contributed by atoms with Crippen molar-refractivity contribution in [3.8, 4) is 11.8 Å². The summed E-state index contributed by atoms with van der Waals surface area (Å²) in [4.78, 5) is 15.1. The highest BCUT2D eigenvalue weighted by Crippen LogP contribution is 2.17. The predicted octanol–water partition coefficient (Wildman–Crippen LogP) is 1.16. The molecule has 1 aliphatic heterocycles. The minimum absolute atomic E-state index is 0.0545. The van der Waals surface area contributed by atoms with Crippen LogP contribution < -0.4 is 5.32 Å². The monoisotopic (exact) mass is 292 g/mol. The van der Waals surface area contributed by atoms with E-state index >= 15 is 0 Å². The van der Waals surface area contributed by atoms with Crippen LogP contribution in [-0.4, -0.2) is 49.2 Å². The van der Waals surface area contributed by atoms with Crippen LogP contribution in [0.2, 0.25) is 0 Å². The van der Waals surface area contributed by atoms with Gasteiger partial charge in [-0.25, -0.2) is 0 Å². The fraction of sp³-hybridized carbons (Fsp3) is 0.533. The van der Waals surface area contributed by atoms with Crippen LogP contribution in [0.1, 0.15) is 28.1 Å². The van der Waals surface area contributed by atoms with Gasteiger partial charge in [-0.3, -0.25) is 4.79 Å². The van der Waals surface area contributed by atoms with Crippen LogP contribution in [-0.2, 0) is 0 Å². The molecule has 1 aromatic heterocycles. The molecule has 0 spiro atoms. The Morgan fingerprint density at radius 1 is 1.55 bits per heavy atom. The summed E-state index contributed by atoms with van der Waals surface area (Å²) < 4.78 is 0. The second-order valence-electron chi connectivity index (χ2n) is 5.08. The molecule has 0 aromatic carbocycles. The van der Waals surface area contributed by atoms with E-state index in [2.05, 4.69) is 29.1 Å². The fourth-order valence-electron chi connectivity index (χ4n) is 2.30. The van der Waals surface area contributed by atoms with Crippen LogP contribution in [0.25, 0.3) is 0 Å². The van der Waals surface area contributed by atoms with E-state index in [1.54, 1.807) is 0 Å². The van der Waals surface area contributed by atoms with Crippen LogP contribution in [0.5, 0.6) is 0 Å². The predicted molar refractivity (Wildman–Crippen MR) is 80.8 cm³/mol. The van der Waals surface area contributed by atoms with E-state index < -0.39 is 0 Å². The summed E-state index contributed by atoms with van der Waals surface area (Å²) >= 11 is 1.39. The Balaban J connectivity index is 1.87. The molecule has 1 aliphatic rings. The van der Waals surface area contributed by atoms with Crippen molar-refractivity contribution < 1.29 is 9.90 Å². The number of hydrogen-bond acceptors (Lipinski definition) is 4. The third kappa shape index (κ3) is 4.07. The average molecular weight is 292 g/mol. The molecule has 2 N–H and O–H groups in total. The number of nitrogens with zero attached hydrogens (tertiary/aromatic N) is 1. The SMILES string of the molecule is CN1CCC(CNC(=O)c2sccc2C#CCO)CC1. The van der Waals surface area contributed by atoms with Gasteiger partial charge >= 0.3 is 0 Å². The molecule has 2 rings (SSSR count). The molecule has 0 aliphatic carbocycles. The van der Waals surface area contributed by atoms with E-state index in [1.165, 1.54) is 11.3 Å². The number of carbonyl (C=O) groups is 1. The molecule has 0 atom stereocenters. The van der Waals surface area contributed by atoms with Crippen molar-refractivity contribution >= 4 is 17.2 Å². The van der Waals surface area contributed by atoms with Crippen LogP contribution in [0.4, 0.5) is 0 Å². The third-order valence-corrected chi connectivity index (χ3v) is 4.48. The van der Waals surface area contributed by atoms with Gasteiger partial charge in [-0.15, -0.1) is 11.3 Å². The van der Waals surface area contributed by atoms with Gasteiger partial charge in [0.1, 0.15) is 11.5 Å². The Bertz CT molecular complexity index is 507. The number of aliphatic hydroxyl groups is 1. The molecule has 2 heterocycles. The van der Waals surface area contributed by atoms with Gasteiger partial charge < -0.3 is 15.3 Å². The second kappa shape index (κ2) is 7.44. The fourth-order valence-corrected chi connectivity index (χ4v) is 3.07. The number of carbonyl (C=O) groups excluding carboxylic acids is 1. The Morgan fingerprint density at radius 2 is 2.30 bits per heavy atom. The zero-order chi connectivity index (χ0) is 14.4. The highest BCUT2D eigenvalue weighted by atomic mass is 32.1. The van der Waals surface area contributed by atoms with Gasteiger partial charge in [0.25, 0.3) is 5.91 Å². The molecule has 1 aromatic rings. The van der Waals surface area contributed by atoms with E-state index in [-0.39, 0.29) is 12.5 Å². The number of hydrogen-bond donors (Lipinski definition) is 2. The van der Waals surface area contributed by atoms with Gasteiger partial charge in [0, 0.05) is 12.1 Å². The van der Waals surface area contributed by atoms with Gasteiger partial charge in [-0.05, 0) is 50.3 Å². The molecule has 0 unspecified atom stereocenters. The van der Waals surface area contributed by atoms with E-state index in [1.807, 2.05) is 11.4 Å². The lowest BCUT2D eigenvalue weighted by molar-refractivity contribution is 0.0943. The van der Waals surface area contributed by atoms with Crippen molar-refractivity contribution in [3.63, 3.8) is 0 Å². The topological polar surface area (TPSA) is 52.6 Å². The van der Waals surface area contributed by atoms with Crippen molar-refractivity contribution in [1.82, 2.24) is 10.2 Å². The molecule has 4 nitrogen and oxygen atoms in total. The van der Waals surface area contributed by atoms with Crippen molar-refractivity contribution in [2.45, 2.75) is 12.8 Å². The lowest BCUT2D eigenvalue weighted by atomic mass is 9.97. The normalized spacial score (nSPS) is 16.5. The van der Waals surface area contributed by atoms with Crippen molar-refractivity contribution in [1.29, 1.82) is 0 Å². The molecule has 20 heavy (non-hydrogen) atoms. The van der Waals surface area contributed by atoms with E-state index in [9.17, 15) is 4.79 Å². The first kappa shape index (κ1) is 15.0. The van der Waals surface area contributed by atoms with Gasteiger partial charge in [0.2, 0.25) is 0 Å². The first-order valence-electron chi connectivity index (χ1n) is 6.84. The minimum atomic E-state index is -0.188. The summed E-state index contributed by atoms with van der Waals surface area (Å²) in [7, 11) is 2.13. The molecule has 1 fully saturated rings. The summed E-state index contributed by atoms with van der Waals surface area (Å²) in [6, 6.07) is 1.82. The number of thiophene rings is 1. The molecule has 0 bridgehead atoms. The van der Waals surface area contributed by atoms with Gasteiger partial charge in [0.05, 0.1) is 0 Å². The first-order chi connectivity index (χ1) is 9.70. The zero-order valence-electron chi connectivity index (χ0n) is 11.7. The Labute approximate surface area is 123 Å². The van der Waals surface area contributed by atoms with E-state index in [0.717, 1.165) is 32.5 Å². The Morgan fingerprint density at radius 3 is 3.00 bits per heavy atom. The van der Waals surface area contributed by atoms with Crippen LogP contribution in [0.15, 0.2) is 11.4 Å². The standard InChI is InChI=1S/C15H20N2O2S/c1-17-7-4-12(5-8-17)11-16-15(19)14-13(3-2-9-18)6-10-20-14/h6,10,12,18H,4-5,7-9,11H2,1H3,(H,16,19). The van der Waals surface area contributed by atoms with Crippen LogP contribution in [0, 0.1) is 17.8 Å². The van der Waals surface area contributed by atoms with Crippen molar-refractivity contribution in [3.05, 3.63) is 21.9 Å². The molecular weight excluding hydrogens is 272 g/mol. The lowest BCUT2D eigenvalue weighted by Crippen LogP contribution is -2.36. The summed E-state index contributed by atoms with van der Waals surface area (Å²) in [6.45, 7) is 2.75. The number of aliphatic hydroxyl groups excluding tert-OH is 1. The minimum Gasteiger partial charge on any atom is -0.384 e. The molecule has 1 amide bonds. The first-order valence-corrected chi connectivity index (χ1v) is 7.72.